The van der Waals surface area contributed by atoms with Crippen LogP contribution in [0.3, 0.4) is 0 Å². The van der Waals surface area contributed by atoms with Crippen molar-refractivity contribution >= 4 is 28.0 Å². The molecule has 1 aromatic heterocycles. The van der Waals surface area contributed by atoms with E-state index in [1.54, 1.807) is 6.07 Å². The van der Waals surface area contributed by atoms with Gasteiger partial charge in [0.15, 0.2) is 29.2 Å². The van der Waals surface area contributed by atoms with E-state index in [1.807, 2.05) is 66.7 Å². The Kier molecular flexibility index (Phi) is 18.7. The Morgan fingerprint density at radius 3 is 2.33 bits per heavy atom. The van der Waals surface area contributed by atoms with E-state index >= 15 is 4.79 Å². The molecular weight excluding hydrogens is 1060 g/mol. The molecule has 10 atom stereocenters. The van der Waals surface area contributed by atoms with Crippen LogP contribution in [0.1, 0.15) is 147 Å². The van der Waals surface area contributed by atoms with Crippen LogP contribution in [0, 0.1) is 41.4 Å². The van der Waals surface area contributed by atoms with E-state index in [-0.39, 0.29) is 54.4 Å². The Bertz CT molecular complexity index is 3460. The Labute approximate surface area is 501 Å². The number of methoxy groups -OCH3 is 1. The fraction of sp³-hybridized carbons (Fsp3) is 0.452. The van der Waals surface area contributed by atoms with Gasteiger partial charge in [0.1, 0.15) is 11.6 Å². The van der Waals surface area contributed by atoms with Gasteiger partial charge in [-0.15, -0.1) is 0 Å². The zero-order valence-corrected chi connectivity index (χ0v) is 49.7. The van der Waals surface area contributed by atoms with Crippen LogP contribution >= 0.6 is 0 Å². The number of aliphatic hydroxyl groups is 3. The number of anilines is 1. The molecule has 3 heterocycles. The molecule has 0 radical (unpaired) electrons. The number of fused-ring (bicyclic) bond motifs is 10. The summed E-state index contributed by atoms with van der Waals surface area (Å²) in [7, 11) is 1.53. The molecule has 5 aromatic carbocycles. The smallest absolute Gasteiger partial charge is 0.173 e. The maximum atomic E-state index is 15.5. The second-order valence-electron chi connectivity index (χ2n) is 25.3. The first-order valence-corrected chi connectivity index (χ1v) is 31.5. The molecule has 9 bridgehead atoms. The van der Waals surface area contributed by atoms with Gasteiger partial charge in [-0.1, -0.05) is 136 Å². The number of hydrogen-bond acceptors (Lipinski definition) is 11. The fourth-order valence-electron chi connectivity index (χ4n) is 15.3. The number of aromatic amines is 1. The van der Waals surface area contributed by atoms with E-state index < -0.39 is 53.0 Å². The van der Waals surface area contributed by atoms with Crippen LogP contribution in [0.15, 0.2) is 133 Å². The third-order valence-corrected chi connectivity index (χ3v) is 19.8. The fourth-order valence-corrected chi connectivity index (χ4v) is 15.3. The van der Waals surface area contributed by atoms with Crippen LogP contribution in [0.5, 0.6) is 17.2 Å². The first-order chi connectivity index (χ1) is 41.3. The molecule has 0 amide bonds. The summed E-state index contributed by atoms with van der Waals surface area (Å²) in [6.45, 7) is 5.88. The molecule has 1 spiro atoms. The molecule has 10 unspecified atom stereocenters. The predicted molar refractivity (Wildman–Crippen MR) is 336 cm³/mol. The number of ketones is 2. The van der Waals surface area contributed by atoms with Crippen LogP contribution in [0.25, 0.3) is 10.8 Å². The number of allylic oxidation sites excluding steroid dienone is 2. The van der Waals surface area contributed by atoms with E-state index in [9.17, 15) is 30.3 Å². The number of dihydropyridines is 1. The van der Waals surface area contributed by atoms with Crippen molar-refractivity contribution in [3.63, 3.8) is 0 Å². The summed E-state index contributed by atoms with van der Waals surface area (Å²) in [4.78, 5) is 33.9. The standard InChI is InChI=1S/C73H86N4O8/c1-4-14-59-54-35-48(34-51-23-27-58(49-17-10-6-11-18-49)67-52(24-28-63(79)71(83)70(82)61(51)38-54)39-64(85-3)69(81)60(67)26-19-46-15-8-5-9-16-46)33-47-29-32-75-66(36-47)77-56-25-22-50-20-21-53(68(80)62(50)41-56)37-57(78)44-74-42-45(2)55-40-65(76-43-55)73(72(59)84)30-12-7-13-31-73/h5-6,8-11,15-18,20-22,25,29,36,39-41,43,45,48,51,54,57-59,61,71-72,74-78,80-81,83-84H,4,7,12-14,19,24,26,28,30-35,37-38,42,44H2,1-3H3. The third-order valence-electron chi connectivity index (χ3n) is 19.8. The molecule has 0 saturated heterocycles. The normalized spacial score (nSPS) is 26.7. The van der Waals surface area contributed by atoms with Gasteiger partial charge in [0.05, 0.1) is 25.2 Å². The van der Waals surface area contributed by atoms with E-state index in [0.29, 0.717) is 80.4 Å². The number of benzene rings is 5. The SMILES string of the molecule is CCCC1C2CC(CC3=CCNC(=C3)Nc3ccc4ccc(c(O)c4c3)CC(O)CNCC(C)c3c[nH]c(c3)C3(CCCCC3)C1O)CC1C#CC(c3ccccc3)c3c(cc(OC)c(O)c3CCc3ccccc3)CCC(=O)C(O)C(=O)C1C2. The Morgan fingerprint density at radius 1 is 0.776 bits per heavy atom. The lowest BCUT2D eigenvalue weighted by Crippen LogP contribution is -2.48. The summed E-state index contributed by atoms with van der Waals surface area (Å²) in [5.41, 5.74) is 8.46. The quantitative estimate of drug-likeness (QED) is 0.0545. The number of phenolic OH excluding ortho intramolecular Hbond substituents is 2. The summed E-state index contributed by atoms with van der Waals surface area (Å²) in [6, 6.07) is 34.1. The predicted octanol–water partition coefficient (Wildman–Crippen LogP) is 11.8. The summed E-state index contributed by atoms with van der Waals surface area (Å²) in [5.74, 6) is 5.55. The minimum atomic E-state index is -1.87. The van der Waals surface area contributed by atoms with Gasteiger partial charge in [0.2, 0.25) is 0 Å². The van der Waals surface area contributed by atoms with Gasteiger partial charge in [0.25, 0.3) is 0 Å². The van der Waals surface area contributed by atoms with Crippen molar-refractivity contribution in [2.45, 2.75) is 152 Å². The van der Waals surface area contributed by atoms with Crippen LogP contribution < -0.4 is 20.7 Å². The lowest BCUT2D eigenvalue weighted by atomic mass is 9.61. The summed E-state index contributed by atoms with van der Waals surface area (Å²) >= 11 is 0. The molecule has 6 aromatic rings. The molecule has 446 valence electrons. The first kappa shape index (κ1) is 59.6. The molecule has 2 saturated carbocycles. The van der Waals surface area contributed by atoms with Crippen LogP contribution in [0.4, 0.5) is 5.69 Å². The van der Waals surface area contributed by atoms with Gasteiger partial charge in [-0.25, -0.2) is 0 Å². The van der Waals surface area contributed by atoms with Crippen molar-refractivity contribution in [3.05, 3.63) is 178 Å². The Morgan fingerprint density at radius 2 is 1.55 bits per heavy atom. The second-order valence-corrected chi connectivity index (χ2v) is 25.3. The average Bonchev–Trinajstić information content (AvgIpc) is 4.20. The maximum absolute atomic E-state index is 15.5. The van der Waals surface area contributed by atoms with Gasteiger partial charge < -0.3 is 51.2 Å². The number of aromatic hydroxyl groups is 2. The number of Topliss-reactive ketones (excluding diaryl/α,β-unsaturated/α-hetero) is 2. The highest BCUT2D eigenvalue weighted by Gasteiger charge is 2.50. The van der Waals surface area contributed by atoms with E-state index in [1.165, 1.54) is 7.11 Å². The molecule has 12 nitrogen and oxygen atoms in total. The molecule has 5 aliphatic rings. The van der Waals surface area contributed by atoms with Gasteiger partial charge in [-0.05, 0) is 163 Å². The van der Waals surface area contributed by atoms with E-state index in [2.05, 4.69) is 95.3 Å². The maximum Gasteiger partial charge on any atom is 0.173 e. The highest BCUT2D eigenvalue weighted by atomic mass is 16.5. The Balaban J connectivity index is 1.05. The average molecular weight is 1150 g/mol. The largest absolute Gasteiger partial charge is 0.507 e. The summed E-state index contributed by atoms with van der Waals surface area (Å²) in [5, 5.41) is 73.3. The second kappa shape index (κ2) is 26.6. The number of nitrogens with one attached hydrogen (secondary N) is 4. The molecule has 3 aliphatic carbocycles. The molecule has 9 N–H and O–H groups in total. The molecule has 85 heavy (non-hydrogen) atoms. The topological polar surface area (TPSA) is 196 Å². The van der Waals surface area contributed by atoms with Crippen molar-refractivity contribution in [2.24, 2.45) is 29.6 Å². The van der Waals surface area contributed by atoms with Gasteiger partial charge in [-0.3, -0.25) is 9.59 Å². The van der Waals surface area contributed by atoms with Crippen LogP contribution in [-0.2, 0) is 40.7 Å². The number of aromatic nitrogens is 1. The monoisotopic (exact) mass is 1150 g/mol. The van der Waals surface area contributed by atoms with Gasteiger partial charge >= 0.3 is 0 Å². The molecule has 2 fully saturated rings. The highest BCUT2D eigenvalue weighted by Crippen LogP contribution is 2.51. The Hall–Kier alpha value is -7.14. The number of hydrogen-bond donors (Lipinski definition) is 9. The molecule has 12 heteroatoms. The van der Waals surface area contributed by atoms with Crippen molar-refractivity contribution in [1.29, 1.82) is 0 Å². The van der Waals surface area contributed by atoms with Crippen molar-refractivity contribution in [2.75, 3.05) is 32.1 Å². The number of carbonyl (C=O) groups excluding carboxylic acids is 2. The minimum absolute atomic E-state index is 0.0259. The van der Waals surface area contributed by atoms with Gasteiger partial charge in [0, 0.05) is 78.3 Å². The van der Waals surface area contributed by atoms with E-state index in [0.717, 1.165) is 101 Å². The lowest BCUT2D eigenvalue weighted by molar-refractivity contribution is -0.142. The minimum Gasteiger partial charge on any atom is -0.507 e. The van der Waals surface area contributed by atoms with Crippen molar-refractivity contribution in [3.8, 4) is 29.1 Å². The number of H-pyrrole nitrogens is 1. The van der Waals surface area contributed by atoms with Crippen molar-refractivity contribution in [1.82, 2.24) is 15.6 Å². The number of β-amino-alcohol motifs (C(OH)–C–C–N with tert-alkyl or cyclic N) is 1. The number of aryl methyl sites for hydroxylation is 2. The van der Waals surface area contributed by atoms with Crippen LogP contribution in [0.2, 0.25) is 0 Å². The molecular formula is C73H86N4O8. The summed E-state index contributed by atoms with van der Waals surface area (Å²) in [6.07, 6.45) is 13.0. The number of carbonyl (C=O) groups is 2. The number of ether oxygens (including phenoxy) is 1. The zero-order valence-electron chi connectivity index (χ0n) is 49.7. The number of phenols is 2. The first-order valence-electron chi connectivity index (χ1n) is 31.5. The zero-order chi connectivity index (χ0) is 59.2. The number of rotatable bonds is 7. The number of aliphatic hydroxyl groups excluding tert-OH is 3. The van der Waals surface area contributed by atoms with Crippen molar-refractivity contribution < 1.29 is 39.9 Å². The van der Waals surface area contributed by atoms with E-state index in [4.69, 9.17) is 4.74 Å². The highest BCUT2D eigenvalue weighted by molar-refractivity contribution is 6.06. The summed E-state index contributed by atoms with van der Waals surface area (Å²) < 4.78 is 5.83. The van der Waals surface area contributed by atoms with Gasteiger partial charge in [-0.2, -0.15) is 0 Å². The molecule has 11 rings (SSSR count). The van der Waals surface area contributed by atoms with Crippen LogP contribution in [-0.4, -0.2) is 87.1 Å². The third kappa shape index (κ3) is 13.0. The lowest BCUT2D eigenvalue weighted by Gasteiger charge is -2.46. The molecule has 2 aliphatic heterocycles.